The third kappa shape index (κ3) is 6.76. The van der Waals surface area contributed by atoms with Crippen LogP contribution in [0.4, 0.5) is 0 Å². The summed E-state index contributed by atoms with van der Waals surface area (Å²) in [5.74, 6) is 2.62. The van der Waals surface area contributed by atoms with Gasteiger partial charge < -0.3 is 0 Å². The Morgan fingerprint density at radius 2 is 1.80 bits per heavy atom. The van der Waals surface area contributed by atoms with Crippen LogP contribution in [-0.4, -0.2) is 0 Å². The van der Waals surface area contributed by atoms with E-state index in [-0.39, 0.29) is 0 Å². The molecule has 0 rings (SSSR count). The zero-order valence-electron chi connectivity index (χ0n) is 11.5. The molecule has 0 radical (unpaired) electrons. The zero-order chi connectivity index (χ0) is 11.8. The van der Waals surface area contributed by atoms with Gasteiger partial charge in [-0.05, 0) is 37.5 Å². The molecule has 0 aliphatic rings. The Morgan fingerprint density at radius 3 is 2.20 bits per heavy atom. The molecule has 0 heteroatoms. The van der Waals surface area contributed by atoms with Gasteiger partial charge in [0, 0.05) is 0 Å². The van der Waals surface area contributed by atoms with Crippen molar-refractivity contribution >= 4 is 0 Å². The Kier molecular flexibility index (Phi) is 7.82. The van der Waals surface area contributed by atoms with Crippen LogP contribution < -0.4 is 0 Å². The van der Waals surface area contributed by atoms with Gasteiger partial charge in [-0.15, -0.1) is 6.58 Å². The van der Waals surface area contributed by atoms with E-state index in [9.17, 15) is 0 Å². The van der Waals surface area contributed by atoms with Crippen molar-refractivity contribution in [2.75, 3.05) is 0 Å². The summed E-state index contributed by atoms with van der Waals surface area (Å²) >= 11 is 0. The maximum Gasteiger partial charge on any atom is -0.0300 e. The quantitative estimate of drug-likeness (QED) is 0.468. The molecule has 0 aliphatic carbocycles. The first-order chi connectivity index (χ1) is 7.01. The second-order valence-corrected chi connectivity index (χ2v) is 5.44. The van der Waals surface area contributed by atoms with Gasteiger partial charge in [0.2, 0.25) is 0 Å². The predicted molar refractivity (Wildman–Crippen MR) is 71.1 cm³/mol. The molecule has 3 unspecified atom stereocenters. The van der Waals surface area contributed by atoms with E-state index < -0.39 is 0 Å². The molecule has 3 atom stereocenters. The smallest absolute Gasteiger partial charge is 0.0300 e. The molecule has 90 valence electrons. The van der Waals surface area contributed by atoms with Crippen molar-refractivity contribution in [1.82, 2.24) is 0 Å². The molecule has 0 heterocycles. The molecule has 0 N–H and O–H groups in total. The summed E-state index contributed by atoms with van der Waals surface area (Å²) in [6, 6.07) is 0. The second-order valence-electron chi connectivity index (χ2n) is 5.44. The van der Waals surface area contributed by atoms with Crippen LogP contribution in [0.1, 0.15) is 66.7 Å². The standard InChI is InChI=1S/C15H30/c1-7-9-15(14(6)8-2)11-13(5)10-12(3)4/h13-15H,3,7-11H2,1-2,4-6H3. The molecule has 15 heavy (non-hydrogen) atoms. The fourth-order valence-corrected chi connectivity index (χ4v) is 2.53. The van der Waals surface area contributed by atoms with Crippen molar-refractivity contribution in [3.8, 4) is 0 Å². The average Bonchev–Trinajstić information content (AvgIpc) is 2.14. The largest absolute Gasteiger partial charge is 0.100 e. The maximum absolute atomic E-state index is 4.01. The normalized spacial score (nSPS) is 17.1. The van der Waals surface area contributed by atoms with E-state index >= 15 is 0 Å². The van der Waals surface area contributed by atoms with Gasteiger partial charge in [-0.3, -0.25) is 0 Å². The Balaban J connectivity index is 4.08. The summed E-state index contributed by atoms with van der Waals surface area (Å²) in [6.07, 6.45) is 6.64. The topological polar surface area (TPSA) is 0 Å². The van der Waals surface area contributed by atoms with E-state index in [1.807, 2.05) is 0 Å². The van der Waals surface area contributed by atoms with E-state index in [1.54, 1.807) is 0 Å². The average molecular weight is 210 g/mol. The van der Waals surface area contributed by atoms with Gasteiger partial charge in [0.05, 0.1) is 0 Å². The van der Waals surface area contributed by atoms with Crippen molar-refractivity contribution in [3.05, 3.63) is 12.2 Å². The van der Waals surface area contributed by atoms with Gasteiger partial charge >= 0.3 is 0 Å². The van der Waals surface area contributed by atoms with Crippen molar-refractivity contribution in [1.29, 1.82) is 0 Å². The third-order valence-corrected chi connectivity index (χ3v) is 3.51. The first-order valence-corrected chi connectivity index (χ1v) is 6.65. The van der Waals surface area contributed by atoms with Crippen LogP contribution in [0.2, 0.25) is 0 Å². The highest BCUT2D eigenvalue weighted by Gasteiger charge is 2.17. The molecule has 0 saturated carbocycles. The van der Waals surface area contributed by atoms with Crippen LogP contribution in [0.5, 0.6) is 0 Å². The Labute approximate surface area is 97.2 Å². The molecular formula is C15H30. The summed E-state index contributed by atoms with van der Waals surface area (Å²) < 4.78 is 0. The summed E-state index contributed by atoms with van der Waals surface area (Å²) in [5, 5.41) is 0. The fourth-order valence-electron chi connectivity index (χ4n) is 2.53. The van der Waals surface area contributed by atoms with Crippen LogP contribution in [0.25, 0.3) is 0 Å². The van der Waals surface area contributed by atoms with Crippen molar-refractivity contribution in [2.45, 2.75) is 66.7 Å². The first-order valence-electron chi connectivity index (χ1n) is 6.65. The molecule has 0 aliphatic heterocycles. The molecule has 0 aromatic heterocycles. The lowest BCUT2D eigenvalue weighted by molar-refractivity contribution is 0.265. The molecule has 0 spiro atoms. The monoisotopic (exact) mass is 210 g/mol. The number of rotatable bonds is 8. The van der Waals surface area contributed by atoms with Crippen LogP contribution >= 0.6 is 0 Å². The fraction of sp³-hybridized carbons (Fsp3) is 0.867. The molecule has 0 saturated heterocycles. The molecule has 0 amide bonds. The highest BCUT2D eigenvalue weighted by molar-refractivity contribution is 4.90. The number of hydrogen-bond acceptors (Lipinski definition) is 0. The minimum absolute atomic E-state index is 0.813. The van der Waals surface area contributed by atoms with E-state index in [2.05, 4.69) is 41.2 Å². The van der Waals surface area contributed by atoms with E-state index in [0.717, 1.165) is 17.8 Å². The Morgan fingerprint density at radius 1 is 1.20 bits per heavy atom. The van der Waals surface area contributed by atoms with Crippen LogP contribution in [0.15, 0.2) is 12.2 Å². The van der Waals surface area contributed by atoms with Crippen LogP contribution in [0, 0.1) is 17.8 Å². The van der Waals surface area contributed by atoms with Crippen molar-refractivity contribution in [3.63, 3.8) is 0 Å². The molecule has 0 bridgehead atoms. The maximum atomic E-state index is 4.01. The summed E-state index contributed by atoms with van der Waals surface area (Å²) in [7, 11) is 0. The molecule has 0 aromatic rings. The van der Waals surface area contributed by atoms with Gasteiger partial charge in [-0.25, -0.2) is 0 Å². The molecule has 0 aromatic carbocycles. The van der Waals surface area contributed by atoms with Gasteiger partial charge in [0.25, 0.3) is 0 Å². The Bertz CT molecular complexity index is 169. The summed E-state index contributed by atoms with van der Waals surface area (Å²) in [4.78, 5) is 0. The molecule has 0 fully saturated rings. The number of hydrogen-bond donors (Lipinski definition) is 0. The van der Waals surface area contributed by atoms with E-state index in [1.165, 1.54) is 37.7 Å². The van der Waals surface area contributed by atoms with Gasteiger partial charge in [-0.1, -0.05) is 52.5 Å². The lowest BCUT2D eigenvalue weighted by Gasteiger charge is -2.25. The van der Waals surface area contributed by atoms with Gasteiger partial charge in [-0.2, -0.15) is 0 Å². The SMILES string of the molecule is C=C(C)CC(C)CC(CCC)C(C)CC. The number of allylic oxidation sites excluding steroid dienone is 1. The summed E-state index contributed by atoms with van der Waals surface area (Å²) in [6.45, 7) is 15.6. The minimum atomic E-state index is 0.813. The highest BCUT2D eigenvalue weighted by atomic mass is 14.2. The molecular weight excluding hydrogens is 180 g/mol. The lowest BCUT2D eigenvalue weighted by atomic mass is 9.80. The van der Waals surface area contributed by atoms with Gasteiger partial charge in [0.1, 0.15) is 0 Å². The van der Waals surface area contributed by atoms with Crippen LogP contribution in [0.3, 0.4) is 0 Å². The Hall–Kier alpha value is -0.260. The minimum Gasteiger partial charge on any atom is -0.100 e. The van der Waals surface area contributed by atoms with Gasteiger partial charge in [0.15, 0.2) is 0 Å². The van der Waals surface area contributed by atoms with Crippen molar-refractivity contribution < 1.29 is 0 Å². The summed E-state index contributed by atoms with van der Waals surface area (Å²) in [5.41, 5.74) is 1.34. The zero-order valence-corrected chi connectivity index (χ0v) is 11.5. The molecule has 0 nitrogen and oxygen atoms in total. The second kappa shape index (κ2) is 7.96. The van der Waals surface area contributed by atoms with E-state index in [0.29, 0.717) is 0 Å². The lowest BCUT2D eigenvalue weighted by Crippen LogP contribution is -2.14. The third-order valence-electron chi connectivity index (χ3n) is 3.51. The van der Waals surface area contributed by atoms with Crippen molar-refractivity contribution in [2.24, 2.45) is 17.8 Å². The predicted octanol–water partition coefficient (Wildman–Crippen LogP) is 5.44. The highest BCUT2D eigenvalue weighted by Crippen LogP contribution is 2.29. The van der Waals surface area contributed by atoms with Crippen LogP contribution in [-0.2, 0) is 0 Å². The van der Waals surface area contributed by atoms with E-state index in [4.69, 9.17) is 0 Å². The first kappa shape index (κ1) is 14.7.